The van der Waals surface area contributed by atoms with Gasteiger partial charge in [0.15, 0.2) is 0 Å². The van der Waals surface area contributed by atoms with E-state index in [4.69, 9.17) is 0 Å². The molecule has 0 bridgehead atoms. The number of hydrogen-bond donors (Lipinski definition) is 1. The number of piperidine rings is 1. The number of aromatic nitrogens is 1. The molecule has 2 aliphatic heterocycles. The monoisotopic (exact) mass is 373 g/mol. The van der Waals surface area contributed by atoms with Gasteiger partial charge in [-0.1, -0.05) is 61.9 Å². The van der Waals surface area contributed by atoms with E-state index in [2.05, 4.69) is 73.0 Å². The van der Waals surface area contributed by atoms with Gasteiger partial charge in [0.1, 0.15) is 5.54 Å². The highest BCUT2D eigenvalue weighted by Crippen LogP contribution is 2.39. The Morgan fingerprint density at radius 3 is 2.68 bits per heavy atom. The second kappa shape index (κ2) is 7.08. The Hall–Kier alpha value is -2.06. The van der Waals surface area contributed by atoms with Gasteiger partial charge in [-0.25, -0.2) is 0 Å². The van der Waals surface area contributed by atoms with Crippen molar-refractivity contribution in [2.45, 2.75) is 58.0 Å². The summed E-state index contributed by atoms with van der Waals surface area (Å²) in [5.74, 6) is 0.918. The first kappa shape index (κ1) is 18.0. The van der Waals surface area contributed by atoms with Gasteiger partial charge in [0, 0.05) is 36.2 Å². The van der Waals surface area contributed by atoms with Crippen molar-refractivity contribution in [1.29, 1.82) is 0 Å². The Balaban J connectivity index is 1.64. The minimum atomic E-state index is 0.256. The summed E-state index contributed by atoms with van der Waals surface area (Å²) in [6, 6.07) is 20.1. The van der Waals surface area contributed by atoms with Crippen molar-refractivity contribution in [2.75, 3.05) is 13.1 Å². The molecule has 1 unspecified atom stereocenters. The van der Waals surface area contributed by atoms with E-state index in [0.717, 1.165) is 12.5 Å². The van der Waals surface area contributed by atoms with Gasteiger partial charge in [0.2, 0.25) is 0 Å². The predicted molar refractivity (Wildman–Crippen MR) is 117 cm³/mol. The molecule has 2 nitrogen and oxygen atoms in total. The van der Waals surface area contributed by atoms with Crippen LogP contribution in [-0.4, -0.2) is 17.7 Å². The zero-order chi connectivity index (χ0) is 19.1. The number of rotatable bonds is 4. The second-order valence-corrected chi connectivity index (χ2v) is 9.25. The van der Waals surface area contributed by atoms with Crippen LogP contribution < -0.4 is 4.90 Å². The van der Waals surface area contributed by atoms with Gasteiger partial charge in [-0.2, -0.15) is 0 Å². The lowest BCUT2D eigenvalue weighted by atomic mass is 9.76. The molecule has 0 saturated carbocycles. The van der Waals surface area contributed by atoms with E-state index in [9.17, 15) is 0 Å². The molecule has 2 aromatic carbocycles. The number of fused-ring (bicyclic) bond motifs is 5. The summed E-state index contributed by atoms with van der Waals surface area (Å²) < 4.78 is 2.67. The maximum absolute atomic E-state index is 2.67. The molecule has 28 heavy (non-hydrogen) atoms. The first-order chi connectivity index (χ1) is 13.7. The van der Waals surface area contributed by atoms with Gasteiger partial charge in [0.05, 0.1) is 18.8 Å². The van der Waals surface area contributed by atoms with Crippen molar-refractivity contribution in [1.82, 2.24) is 4.57 Å². The molecule has 1 aromatic heterocycles. The molecular formula is C26H33N2+. The molecule has 3 atom stereocenters. The largest absolute Gasteiger partial charge is 0.334 e. The third-order valence-corrected chi connectivity index (χ3v) is 7.52. The van der Waals surface area contributed by atoms with Crippen molar-refractivity contribution in [2.24, 2.45) is 5.92 Å². The summed E-state index contributed by atoms with van der Waals surface area (Å²) in [4.78, 5) is 1.84. The highest BCUT2D eigenvalue weighted by atomic mass is 15.2. The summed E-state index contributed by atoms with van der Waals surface area (Å²) in [6.45, 7) is 8.54. The van der Waals surface area contributed by atoms with Crippen LogP contribution in [0.5, 0.6) is 0 Å². The lowest BCUT2D eigenvalue weighted by molar-refractivity contribution is -0.970. The quantitative estimate of drug-likeness (QED) is 0.687. The average molecular weight is 374 g/mol. The van der Waals surface area contributed by atoms with E-state index >= 15 is 0 Å². The smallest absolute Gasteiger partial charge is 0.136 e. The number of quaternary nitrogens is 1. The zero-order valence-electron chi connectivity index (χ0n) is 17.4. The van der Waals surface area contributed by atoms with Crippen molar-refractivity contribution >= 4 is 10.9 Å². The van der Waals surface area contributed by atoms with E-state index in [-0.39, 0.29) is 5.54 Å². The number of hydrogen-bond acceptors (Lipinski definition) is 0. The fraction of sp³-hybridized carbons (Fsp3) is 0.462. The Labute approximate surface area is 169 Å². The summed E-state index contributed by atoms with van der Waals surface area (Å²) in [6.07, 6.45) is 6.67. The molecule has 1 fully saturated rings. The van der Waals surface area contributed by atoms with Crippen molar-refractivity contribution in [3.63, 3.8) is 0 Å². The van der Waals surface area contributed by atoms with Crippen molar-refractivity contribution < 1.29 is 4.90 Å². The summed E-state index contributed by atoms with van der Waals surface area (Å²) in [5, 5.41) is 1.49. The third-order valence-electron chi connectivity index (χ3n) is 7.52. The normalized spacial score (nSPS) is 26.8. The fourth-order valence-electron chi connectivity index (χ4n) is 6.13. The first-order valence-electron chi connectivity index (χ1n) is 11.2. The minimum Gasteiger partial charge on any atom is -0.334 e. The molecule has 0 radical (unpaired) electrons. The van der Waals surface area contributed by atoms with Gasteiger partial charge in [-0.05, 0) is 37.0 Å². The number of benzene rings is 2. The van der Waals surface area contributed by atoms with Crippen LogP contribution in [0.2, 0.25) is 0 Å². The summed E-state index contributed by atoms with van der Waals surface area (Å²) in [5.41, 5.74) is 6.35. The molecular weight excluding hydrogens is 340 g/mol. The number of nitrogens with one attached hydrogen (secondary N) is 1. The molecule has 3 aromatic rings. The Bertz CT molecular complexity index is 971. The average Bonchev–Trinajstić information content (AvgIpc) is 3.04. The highest BCUT2D eigenvalue weighted by Gasteiger charge is 2.49. The Kier molecular flexibility index (Phi) is 4.55. The van der Waals surface area contributed by atoms with Crippen LogP contribution in [-0.2, 0) is 18.5 Å². The molecule has 1 N–H and O–H groups in total. The van der Waals surface area contributed by atoms with Crippen LogP contribution in [0.3, 0.4) is 0 Å². The van der Waals surface area contributed by atoms with Crippen LogP contribution in [0.25, 0.3) is 10.9 Å². The second-order valence-electron chi connectivity index (χ2n) is 9.25. The number of para-hydroxylation sites is 1. The minimum absolute atomic E-state index is 0.256. The van der Waals surface area contributed by atoms with Crippen molar-refractivity contribution in [3.05, 3.63) is 71.4 Å². The van der Waals surface area contributed by atoms with E-state index in [1.54, 1.807) is 11.3 Å². The van der Waals surface area contributed by atoms with Crippen molar-refractivity contribution in [3.8, 4) is 0 Å². The SMILES string of the molecule is CCC[C@@H]1CC[C@]2(C)c3c(c4ccccc4n3Cc3ccccc3)CC[NH+]2C1. The van der Waals surface area contributed by atoms with E-state index in [0.29, 0.717) is 0 Å². The molecule has 0 amide bonds. The van der Waals surface area contributed by atoms with Gasteiger partial charge < -0.3 is 9.47 Å². The molecule has 2 aliphatic rings. The predicted octanol–water partition coefficient (Wildman–Crippen LogP) is 4.56. The van der Waals surface area contributed by atoms with Gasteiger partial charge in [-0.3, -0.25) is 0 Å². The lowest BCUT2D eigenvalue weighted by Crippen LogP contribution is -3.21. The summed E-state index contributed by atoms with van der Waals surface area (Å²) in [7, 11) is 0. The van der Waals surface area contributed by atoms with Crippen LogP contribution in [0, 0.1) is 5.92 Å². The van der Waals surface area contributed by atoms with Crippen LogP contribution in [0.4, 0.5) is 0 Å². The van der Waals surface area contributed by atoms with E-state index < -0.39 is 0 Å². The lowest BCUT2D eigenvalue weighted by Gasteiger charge is -2.48. The number of nitrogens with zero attached hydrogens (tertiary/aromatic N) is 1. The highest BCUT2D eigenvalue weighted by molar-refractivity contribution is 5.86. The first-order valence-corrected chi connectivity index (χ1v) is 11.2. The van der Waals surface area contributed by atoms with Crippen LogP contribution >= 0.6 is 0 Å². The molecule has 2 heteroatoms. The molecule has 146 valence electrons. The van der Waals surface area contributed by atoms with Crippen LogP contribution in [0.15, 0.2) is 54.6 Å². The van der Waals surface area contributed by atoms with Gasteiger partial charge in [0.25, 0.3) is 0 Å². The maximum Gasteiger partial charge on any atom is 0.136 e. The maximum atomic E-state index is 2.67. The van der Waals surface area contributed by atoms with Crippen LogP contribution in [0.1, 0.15) is 56.4 Å². The third kappa shape index (κ3) is 2.81. The molecule has 3 heterocycles. The molecule has 0 spiro atoms. The van der Waals surface area contributed by atoms with E-state index in [1.165, 1.54) is 61.7 Å². The molecule has 1 saturated heterocycles. The summed E-state index contributed by atoms with van der Waals surface area (Å²) >= 11 is 0. The van der Waals surface area contributed by atoms with Gasteiger partial charge >= 0.3 is 0 Å². The standard InChI is InChI=1S/C26H32N2/c1-3-9-20-14-16-26(2)25-23(15-17-27(26)18-20)22-12-7-8-13-24(22)28(25)19-21-10-5-4-6-11-21/h4-8,10-13,20H,3,9,14-19H2,1-2H3/p+1/t20-,26-/m1/s1. The zero-order valence-corrected chi connectivity index (χ0v) is 17.4. The van der Waals surface area contributed by atoms with E-state index in [1.807, 2.05) is 4.90 Å². The Morgan fingerprint density at radius 2 is 1.86 bits per heavy atom. The molecule has 0 aliphatic carbocycles. The Morgan fingerprint density at radius 1 is 1.07 bits per heavy atom. The molecule has 5 rings (SSSR count). The van der Waals surface area contributed by atoms with Gasteiger partial charge in [-0.15, -0.1) is 0 Å². The topological polar surface area (TPSA) is 9.37 Å². The fourth-order valence-corrected chi connectivity index (χ4v) is 6.13.